The second kappa shape index (κ2) is 10.8. The van der Waals surface area contributed by atoms with Crippen molar-refractivity contribution in [1.82, 2.24) is 14.7 Å². The number of aliphatic carboxylic acids is 1. The van der Waals surface area contributed by atoms with Gasteiger partial charge in [-0.15, -0.1) is 0 Å². The SMILES string of the molecule is CC1(C(=O)O)CCC(n2ncc(C(=O)N(CC(=O)c3c(Cl)cccc3C(F)(F)F)CC3CC4(CC4)C3)c2C(F)(F)F)CC1. The van der Waals surface area contributed by atoms with Crippen molar-refractivity contribution in [3.63, 3.8) is 0 Å². The van der Waals surface area contributed by atoms with Crippen molar-refractivity contribution < 1.29 is 45.8 Å². The molecule has 3 aliphatic rings. The van der Waals surface area contributed by atoms with Crippen LogP contribution in [-0.2, 0) is 17.1 Å². The Balaban J connectivity index is 1.46. The van der Waals surface area contributed by atoms with Crippen molar-refractivity contribution in [3.05, 3.63) is 51.8 Å². The van der Waals surface area contributed by atoms with Gasteiger partial charge in [0.15, 0.2) is 11.5 Å². The Labute approximate surface area is 248 Å². The number of Topliss-reactive ketones (excluding diaryl/α,β-unsaturated/α-hetero) is 1. The van der Waals surface area contributed by atoms with E-state index in [2.05, 4.69) is 5.10 Å². The highest BCUT2D eigenvalue weighted by atomic mass is 35.5. The third kappa shape index (κ3) is 6.14. The third-order valence-electron chi connectivity index (χ3n) is 9.31. The van der Waals surface area contributed by atoms with Crippen LogP contribution >= 0.6 is 11.6 Å². The maximum atomic E-state index is 14.5. The van der Waals surface area contributed by atoms with E-state index in [9.17, 15) is 45.8 Å². The normalized spacial score (nSPS) is 23.6. The lowest BCUT2D eigenvalue weighted by Crippen LogP contribution is -2.43. The maximum Gasteiger partial charge on any atom is 0.433 e. The Hall–Kier alpha value is -3.09. The summed E-state index contributed by atoms with van der Waals surface area (Å²) in [6.07, 6.45) is -5.40. The van der Waals surface area contributed by atoms with Crippen molar-refractivity contribution in [3.8, 4) is 0 Å². The van der Waals surface area contributed by atoms with Gasteiger partial charge in [0.1, 0.15) is 0 Å². The molecule has 5 rings (SSSR count). The van der Waals surface area contributed by atoms with E-state index in [1.54, 1.807) is 0 Å². The fourth-order valence-corrected chi connectivity index (χ4v) is 6.93. The minimum atomic E-state index is -5.04. The molecule has 3 saturated carbocycles. The predicted octanol–water partition coefficient (Wildman–Crippen LogP) is 7.30. The lowest BCUT2D eigenvalue weighted by atomic mass is 9.71. The summed E-state index contributed by atoms with van der Waals surface area (Å²) in [5.74, 6) is -3.48. The zero-order chi connectivity index (χ0) is 31.5. The molecule has 1 heterocycles. The molecule has 1 amide bonds. The molecule has 1 aromatic carbocycles. The molecule has 0 aliphatic heterocycles. The largest absolute Gasteiger partial charge is 0.481 e. The first-order valence-electron chi connectivity index (χ1n) is 14.0. The molecule has 1 aromatic heterocycles. The van der Waals surface area contributed by atoms with E-state index in [-0.39, 0.29) is 43.6 Å². The standard InChI is InChI=1S/C29H30ClF6N3O4/c1-26(25(42)43)7-5-17(6-8-26)39-23(29(34,35)36)18(13-37-39)24(41)38(14-16-11-27(12-16)9-10-27)15-21(40)22-19(28(31,32)33)3-2-4-20(22)30/h2-4,13,16-17H,5-12,14-15H2,1H3,(H,42,43). The van der Waals surface area contributed by atoms with Gasteiger partial charge in [-0.05, 0) is 81.8 Å². The molecule has 1 spiro atoms. The van der Waals surface area contributed by atoms with Crippen molar-refractivity contribution in [2.24, 2.45) is 16.7 Å². The molecule has 14 heteroatoms. The molecule has 0 unspecified atom stereocenters. The van der Waals surface area contributed by atoms with Crippen LogP contribution in [-0.4, -0.2) is 50.5 Å². The monoisotopic (exact) mass is 633 g/mol. The molecule has 2 aromatic rings. The summed E-state index contributed by atoms with van der Waals surface area (Å²) in [5.41, 5.74) is -5.23. The van der Waals surface area contributed by atoms with Gasteiger partial charge < -0.3 is 10.0 Å². The van der Waals surface area contributed by atoms with Crippen LogP contribution in [0.5, 0.6) is 0 Å². The number of hydrogen-bond donors (Lipinski definition) is 1. The van der Waals surface area contributed by atoms with E-state index in [4.69, 9.17) is 11.6 Å². The number of rotatable bonds is 8. The van der Waals surface area contributed by atoms with Gasteiger partial charge in [-0.3, -0.25) is 19.1 Å². The maximum absolute atomic E-state index is 14.5. The number of carboxylic acids is 1. The van der Waals surface area contributed by atoms with Crippen LogP contribution in [0.25, 0.3) is 0 Å². The average molecular weight is 634 g/mol. The lowest BCUT2D eigenvalue weighted by molar-refractivity contribution is -0.152. The molecule has 3 aliphatic carbocycles. The van der Waals surface area contributed by atoms with E-state index in [1.807, 2.05) is 0 Å². The highest BCUT2D eigenvalue weighted by molar-refractivity contribution is 6.34. The molecule has 234 valence electrons. The van der Waals surface area contributed by atoms with Crippen molar-refractivity contribution in [1.29, 1.82) is 0 Å². The summed E-state index contributed by atoms with van der Waals surface area (Å²) >= 11 is 5.99. The number of carbonyl (C=O) groups excluding carboxylic acids is 2. The highest BCUT2D eigenvalue weighted by Gasteiger charge is 2.53. The number of halogens is 7. The quantitative estimate of drug-likeness (QED) is 0.243. The van der Waals surface area contributed by atoms with Gasteiger partial charge in [0.25, 0.3) is 5.91 Å². The van der Waals surface area contributed by atoms with E-state index in [0.717, 1.165) is 36.1 Å². The second-order valence-electron chi connectivity index (χ2n) is 12.5. The van der Waals surface area contributed by atoms with Gasteiger partial charge >= 0.3 is 18.3 Å². The van der Waals surface area contributed by atoms with E-state index in [0.29, 0.717) is 23.6 Å². The zero-order valence-electron chi connectivity index (χ0n) is 23.2. The molecule has 0 saturated heterocycles. The number of amides is 1. The fourth-order valence-electron chi connectivity index (χ4n) is 6.65. The molecule has 3 fully saturated rings. The first kappa shape index (κ1) is 31.3. The third-order valence-corrected chi connectivity index (χ3v) is 9.63. The molecule has 43 heavy (non-hydrogen) atoms. The Morgan fingerprint density at radius 1 is 1.05 bits per heavy atom. The van der Waals surface area contributed by atoms with Crippen LogP contribution in [0, 0.1) is 16.7 Å². The van der Waals surface area contributed by atoms with Crippen molar-refractivity contribution in [2.75, 3.05) is 13.1 Å². The summed E-state index contributed by atoms with van der Waals surface area (Å²) in [5, 5.41) is 12.9. The number of carboxylic acid groups (broad SMARTS) is 1. The first-order chi connectivity index (χ1) is 19.9. The average Bonchev–Trinajstić information content (AvgIpc) is 3.55. The zero-order valence-corrected chi connectivity index (χ0v) is 24.0. The minimum Gasteiger partial charge on any atom is -0.481 e. The van der Waals surface area contributed by atoms with Crippen LogP contribution in [0.1, 0.15) is 96.3 Å². The number of benzene rings is 1. The number of aromatic nitrogens is 2. The van der Waals surface area contributed by atoms with Gasteiger partial charge in [0.2, 0.25) is 0 Å². The minimum absolute atomic E-state index is 0.0836. The van der Waals surface area contributed by atoms with Crippen molar-refractivity contribution in [2.45, 2.75) is 76.7 Å². The molecule has 0 bridgehead atoms. The predicted molar refractivity (Wildman–Crippen MR) is 142 cm³/mol. The number of alkyl halides is 6. The smallest absolute Gasteiger partial charge is 0.433 e. The van der Waals surface area contributed by atoms with Crippen LogP contribution in [0.2, 0.25) is 5.02 Å². The van der Waals surface area contributed by atoms with E-state index in [1.165, 1.54) is 6.92 Å². The Morgan fingerprint density at radius 3 is 2.21 bits per heavy atom. The van der Waals surface area contributed by atoms with Crippen LogP contribution in [0.3, 0.4) is 0 Å². The summed E-state index contributed by atoms with van der Waals surface area (Å²) in [4.78, 5) is 39.6. The van der Waals surface area contributed by atoms with Gasteiger partial charge in [-0.25, -0.2) is 0 Å². The molecular formula is C29H30ClF6N3O4. The Kier molecular flexibility index (Phi) is 7.88. The summed E-state index contributed by atoms with van der Waals surface area (Å²) in [6.45, 7) is 0.511. The molecular weight excluding hydrogens is 604 g/mol. The summed E-state index contributed by atoms with van der Waals surface area (Å²) in [7, 11) is 0. The topological polar surface area (TPSA) is 92.5 Å². The first-order valence-corrected chi connectivity index (χ1v) is 14.4. The number of ketones is 1. The van der Waals surface area contributed by atoms with E-state index < -0.39 is 75.4 Å². The van der Waals surface area contributed by atoms with Crippen LogP contribution < -0.4 is 0 Å². The fraction of sp³-hybridized carbons (Fsp3) is 0.586. The lowest BCUT2D eigenvalue weighted by Gasteiger charge is -2.39. The highest BCUT2D eigenvalue weighted by Crippen LogP contribution is 2.63. The number of hydrogen-bond acceptors (Lipinski definition) is 4. The summed E-state index contributed by atoms with van der Waals surface area (Å²) in [6, 6.07) is 1.99. The van der Waals surface area contributed by atoms with Gasteiger partial charge in [0, 0.05) is 6.54 Å². The number of nitrogens with zero attached hydrogens (tertiary/aromatic N) is 3. The van der Waals surface area contributed by atoms with Crippen LogP contribution in [0.4, 0.5) is 26.3 Å². The Morgan fingerprint density at radius 2 is 1.67 bits per heavy atom. The molecule has 7 nitrogen and oxygen atoms in total. The van der Waals surface area contributed by atoms with Crippen molar-refractivity contribution >= 4 is 29.3 Å². The second-order valence-corrected chi connectivity index (χ2v) is 12.9. The van der Waals surface area contributed by atoms with Gasteiger partial charge in [-0.1, -0.05) is 17.7 Å². The summed E-state index contributed by atoms with van der Waals surface area (Å²) < 4.78 is 85.3. The molecule has 1 N–H and O–H groups in total. The van der Waals surface area contributed by atoms with Gasteiger partial charge in [-0.2, -0.15) is 31.4 Å². The van der Waals surface area contributed by atoms with Gasteiger partial charge in [0.05, 0.1) is 45.9 Å². The van der Waals surface area contributed by atoms with Crippen LogP contribution in [0.15, 0.2) is 24.4 Å². The number of carbonyl (C=O) groups is 3. The molecule has 0 radical (unpaired) electrons. The Bertz CT molecular complexity index is 1430. The molecule has 0 atom stereocenters. The van der Waals surface area contributed by atoms with E-state index >= 15 is 0 Å².